The van der Waals surface area contributed by atoms with Crippen LogP contribution < -0.4 is 0 Å². The lowest BCUT2D eigenvalue weighted by Crippen LogP contribution is -2.24. The molecule has 1 heterocycles. The number of ether oxygens (including phenoxy) is 2. The van der Waals surface area contributed by atoms with Crippen LogP contribution in [0.4, 0.5) is 0 Å². The number of rotatable bonds is 3. The Bertz CT molecular complexity index is 204. The molecular weight excluding hydrogens is 212 g/mol. The molecule has 1 saturated heterocycles. The number of hydrogen-bond acceptors (Lipinski definition) is 4. The second kappa shape index (κ2) is 5.75. The van der Waals surface area contributed by atoms with Crippen LogP contribution in [0, 0.1) is 5.41 Å². The maximum Gasteiger partial charge on any atom is 0.312 e. The zero-order chi connectivity index (χ0) is 11.3. The molecule has 0 aromatic carbocycles. The van der Waals surface area contributed by atoms with E-state index < -0.39 is 5.41 Å². The van der Waals surface area contributed by atoms with Crippen molar-refractivity contribution in [3.63, 3.8) is 0 Å². The molecule has 0 radical (unpaired) electrons. The van der Waals surface area contributed by atoms with E-state index in [1.54, 1.807) is 11.8 Å². The molecule has 0 spiro atoms. The fraction of sp³-hybridized carbons (Fsp3) is 0.909. The van der Waals surface area contributed by atoms with Crippen molar-refractivity contribution in [2.75, 3.05) is 19.2 Å². The van der Waals surface area contributed by atoms with Crippen LogP contribution in [-0.2, 0) is 14.3 Å². The van der Waals surface area contributed by atoms with E-state index in [1.807, 2.05) is 20.8 Å². The van der Waals surface area contributed by atoms with Crippen LogP contribution in [0.15, 0.2) is 0 Å². The largest absolute Gasteiger partial charge is 0.454 e. The summed E-state index contributed by atoms with van der Waals surface area (Å²) in [5.74, 6) is 0.350. The number of thioether (sulfide) groups is 1. The van der Waals surface area contributed by atoms with Gasteiger partial charge in [0, 0.05) is 18.5 Å². The minimum Gasteiger partial charge on any atom is -0.454 e. The van der Waals surface area contributed by atoms with Crippen molar-refractivity contribution in [1.82, 2.24) is 0 Å². The van der Waals surface area contributed by atoms with Gasteiger partial charge in [0.2, 0.25) is 0 Å². The van der Waals surface area contributed by atoms with Crippen molar-refractivity contribution in [3.05, 3.63) is 0 Å². The van der Waals surface area contributed by atoms with Crippen LogP contribution in [-0.4, -0.2) is 30.4 Å². The second-order valence-electron chi connectivity index (χ2n) is 4.78. The van der Waals surface area contributed by atoms with Gasteiger partial charge in [0.05, 0.1) is 5.41 Å². The Hall–Kier alpha value is -0.220. The summed E-state index contributed by atoms with van der Waals surface area (Å²) in [6.45, 7) is 7.28. The highest BCUT2D eigenvalue weighted by Gasteiger charge is 2.23. The predicted molar refractivity (Wildman–Crippen MR) is 61.8 cm³/mol. The molecule has 0 aliphatic carbocycles. The van der Waals surface area contributed by atoms with Gasteiger partial charge in [-0.25, -0.2) is 0 Å². The van der Waals surface area contributed by atoms with Crippen LogP contribution >= 0.6 is 11.8 Å². The van der Waals surface area contributed by atoms with E-state index in [0.717, 1.165) is 26.1 Å². The van der Waals surface area contributed by atoms with E-state index >= 15 is 0 Å². The fourth-order valence-electron chi connectivity index (χ4n) is 1.24. The van der Waals surface area contributed by atoms with Crippen molar-refractivity contribution in [3.8, 4) is 0 Å². The van der Waals surface area contributed by atoms with E-state index in [0.29, 0.717) is 11.2 Å². The zero-order valence-corrected chi connectivity index (χ0v) is 10.6. The molecule has 0 aromatic rings. The minimum atomic E-state index is -0.393. The smallest absolute Gasteiger partial charge is 0.312 e. The van der Waals surface area contributed by atoms with Crippen molar-refractivity contribution in [2.45, 2.75) is 38.9 Å². The minimum absolute atomic E-state index is 0.123. The van der Waals surface area contributed by atoms with Crippen molar-refractivity contribution < 1.29 is 14.3 Å². The number of hydrogen-bond donors (Lipinski definition) is 0. The lowest BCUT2D eigenvalue weighted by atomic mass is 9.98. The molecule has 0 bridgehead atoms. The zero-order valence-electron chi connectivity index (χ0n) is 9.75. The molecule has 0 aromatic heterocycles. The Morgan fingerprint density at radius 2 is 2.00 bits per heavy atom. The molecule has 3 nitrogen and oxygen atoms in total. The number of carbonyl (C=O) groups excluding carboxylic acids is 1. The van der Waals surface area contributed by atoms with Crippen LogP contribution in [0.25, 0.3) is 0 Å². The standard InChI is InChI=1S/C11H20O3S/c1-11(2,3)10(12)14-8-15-9-4-6-13-7-5-9/h9H,4-8H2,1-3H3. The summed E-state index contributed by atoms with van der Waals surface area (Å²) < 4.78 is 10.5. The van der Waals surface area contributed by atoms with Gasteiger partial charge in [0.15, 0.2) is 0 Å². The van der Waals surface area contributed by atoms with E-state index in [9.17, 15) is 4.79 Å². The molecule has 0 amide bonds. The van der Waals surface area contributed by atoms with Gasteiger partial charge >= 0.3 is 5.97 Å². The number of esters is 1. The van der Waals surface area contributed by atoms with E-state index in [2.05, 4.69) is 0 Å². The molecule has 1 fully saturated rings. The Balaban J connectivity index is 2.12. The van der Waals surface area contributed by atoms with Gasteiger partial charge < -0.3 is 9.47 Å². The molecule has 1 rings (SSSR count). The maximum absolute atomic E-state index is 11.4. The van der Waals surface area contributed by atoms with Crippen molar-refractivity contribution in [2.24, 2.45) is 5.41 Å². The van der Waals surface area contributed by atoms with E-state index in [1.165, 1.54) is 0 Å². The summed E-state index contributed by atoms with van der Waals surface area (Å²) in [6.07, 6.45) is 2.13. The summed E-state index contributed by atoms with van der Waals surface area (Å²) in [5, 5.41) is 0.589. The second-order valence-corrected chi connectivity index (χ2v) is 6.01. The summed E-state index contributed by atoms with van der Waals surface area (Å²) in [4.78, 5) is 11.4. The molecule has 0 saturated carbocycles. The molecule has 15 heavy (non-hydrogen) atoms. The van der Waals surface area contributed by atoms with Crippen LogP contribution in [0.3, 0.4) is 0 Å². The molecular formula is C11H20O3S. The molecule has 0 unspecified atom stereocenters. The Morgan fingerprint density at radius 3 is 2.53 bits per heavy atom. The first-order valence-corrected chi connectivity index (χ1v) is 6.41. The van der Waals surface area contributed by atoms with Crippen LogP contribution in [0.1, 0.15) is 33.6 Å². The molecule has 1 aliphatic rings. The third kappa shape index (κ3) is 4.89. The van der Waals surface area contributed by atoms with E-state index in [4.69, 9.17) is 9.47 Å². The first kappa shape index (κ1) is 12.8. The summed E-state index contributed by atoms with van der Waals surface area (Å²) in [7, 11) is 0. The summed E-state index contributed by atoms with van der Waals surface area (Å²) >= 11 is 1.72. The van der Waals surface area contributed by atoms with Gasteiger partial charge in [-0.15, -0.1) is 11.8 Å². The SMILES string of the molecule is CC(C)(C)C(=O)OCSC1CCOCC1. The van der Waals surface area contributed by atoms with Gasteiger partial charge in [-0.2, -0.15) is 0 Å². The van der Waals surface area contributed by atoms with Crippen molar-refractivity contribution >= 4 is 17.7 Å². The van der Waals surface area contributed by atoms with Gasteiger partial charge in [-0.05, 0) is 33.6 Å². The predicted octanol–water partition coefficient (Wildman–Crippen LogP) is 2.45. The molecule has 1 aliphatic heterocycles. The van der Waals surface area contributed by atoms with Crippen LogP contribution in [0.5, 0.6) is 0 Å². The summed E-state index contributed by atoms with van der Waals surface area (Å²) in [6, 6.07) is 0. The van der Waals surface area contributed by atoms with Crippen LogP contribution in [0.2, 0.25) is 0 Å². The van der Waals surface area contributed by atoms with Gasteiger partial charge in [0.25, 0.3) is 0 Å². The first-order chi connectivity index (χ1) is 7.00. The third-order valence-electron chi connectivity index (χ3n) is 2.27. The average molecular weight is 232 g/mol. The lowest BCUT2D eigenvalue weighted by Gasteiger charge is -2.22. The first-order valence-electron chi connectivity index (χ1n) is 5.37. The quantitative estimate of drug-likeness (QED) is 0.553. The maximum atomic E-state index is 11.4. The average Bonchev–Trinajstić information content (AvgIpc) is 2.18. The third-order valence-corrected chi connectivity index (χ3v) is 3.47. The van der Waals surface area contributed by atoms with Crippen molar-refractivity contribution in [1.29, 1.82) is 0 Å². The Labute approximate surface area is 95.9 Å². The number of carbonyl (C=O) groups is 1. The normalized spacial score (nSPS) is 18.9. The topological polar surface area (TPSA) is 35.5 Å². The van der Waals surface area contributed by atoms with E-state index in [-0.39, 0.29) is 5.97 Å². The monoisotopic (exact) mass is 232 g/mol. The van der Waals surface area contributed by atoms with Gasteiger partial charge in [-0.3, -0.25) is 4.79 Å². The molecule has 88 valence electrons. The van der Waals surface area contributed by atoms with Gasteiger partial charge in [-0.1, -0.05) is 0 Å². The highest BCUT2D eigenvalue weighted by Crippen LogP contribution is 2.23. The summed E-state index contributed by atoms with van der Waals surface area (Å²) in [5.41, 5.74) is -0.393. The Kier molecular flexibility index (Phi) is 4.93. The fourth-order valence-corrected chi connectivity index (χ4v) is 2.14. The highest BCUT2D eigenvalue weighted by molar-refractivity contribution is 7.99. The highest BCUT2D eigenvalue weighted by atomic mass is 32.2. The molecule has 4 heteroatoms. The molecule has 0 N–H and O–H groups in total. The Morgan fingerprint density at radius 1 is 1.40 bits per heavy atom. The van der Waals surface area contributed by atoms with Gasteiger partial charge in [0.1, 0.15) is 5.94 Å². The lowest BCUT2D eigenvalue weighted by molar-refractivity contribution is -0.150. The molecule has 0 atom stereocenters.